The highest BCUT2D eigenvalue weighted by atomic mass is 16.5. The van der Waals surface area contributed by atoms with Crippen molar-refractivity contribution >= 4 is 11.7 Å². The number of methoxy groups -OCH3 is 3. The van der Waals surface area contributed by atoms with E-state index in [4.69, 9.17) is 14.2 Å². The first-order valence-electron chi connectivity index (χ1n) is 9.67. The molecular weight excluding hydrogens is 382 g/mol. The van der Waals surface area contributed by atoms with Crippen LogP contribution in [-0.4, -0.2) is 37.0 Å². The molecule has 1 aromatic heterocycles. The fourth-order valence-electron chi connectivity index (χ4n) is 3.21. The standard InChI is InChI=1S/C23H27N3O4/c1-15-6-9-18(10-7-15)26-21(12-16(2)25-26)24-22(27)11-8-17-13-19(28-3)23(30-5)20(14-17)29-4/h6-7,9-10,12-14H,8,11H2,1-5H3,(H,24,27). The molecule has 0 aliphatic heterocycles. The normalized spacial score (nSPS) is 10.6. The van der Waals surface area contributed by atoms with E-state index in [9.17, 15) is 4.79 Å². The summed E-state index contributed by atoms with van der Waals surface area (Å²) in [5.41, 5.74) is 3.81. The van der Waals surface area contributed by atoms with Crippen LogP contribution in [0.1, 0.15) is 23.2 Å². The molecule has 0 saturated carbocycles. The number of carbonyl (C=O) groups is 1. The molecule has 1 heterocycles. The van der Waals surface area contributed by atoms with Crippen LogP contribution in [0.25, 0.3) is 5.69 Å². The van der Waals surface area contributed by atoms with Gasteiger partial charge in [-0.25, -0.2) is 4.68 Å². The van der Waals surface area contributed by atoms with Gasteiger partial charge in [0.1, 0.15) is 5.82 Å². The third-order valence-corrected chi connectivity index (χ3v) is 4.74. The molecule has 0 aliphatic rings. The minimum absolute atomic E-state index is 0.1000. The summed E-state index contributed by atoms with van der Waals surface area (Å²) < 4.78 is 17.8. The maximum absolute atomic E-state index is 12.6. The smallest absolute Gasteiger partial charge is 0.225 e. The highest BCUT2D eigenvalue weighted by molar-refractivity contribution is 5.90. The third kappa shape index (κ3) is 4.74. The number of anilines is 1. The summed E-state index contributed by atoms with van der Waals surface area (Å²) >= 11 is 0. The summed E-state index contributed by atoms with van der Waals surface area (Å²) in [5.74, 6) is 2.22. The number of ether oxygens (including phenoxy) is 3. The van der Waals surface area contributed by atoms with Crippen LogP contribution in [0.15, 0.2) is 42.5 Å². The molecule has 30 heavy (non-hydrogen) atoms. The molecule has 7 nitrogen and oxygen atoms in total. The Kier molecular flexibility index (Phi) is 6.61. The van der Waals surface area contributed by atoms with Crippen molar-refractivity contribution in [2.24, 2.45) is 0 Å². The number of aryl methyl sites for hydroxylation is 3. The molecule has 0 radical (unpaired) electrons. The van der Waals surface area contributed by atoms with Gasteiger partial charge in [-0.2, -0.15) is 5.10 Å². The predicted octanol–water partition coefficient (Wildman–Crippen LogP) is 4.09. The summed E-state index contributed by atoms with van der Waals surface area (Å²) in [6.07, 6.45) is 0.830. The fraction of sp³-hybridized carbons (Fsp3) is 0.304. The largest absolute Gasteiger partial charge is 0.493 e. The van der Waals surface area contributed by atoms with Crippen molar-refractivity contribution in [2.75, 3.05) is 26.6 Å². The minimum atomic E-state index is -0.1000. The van der Waals surface area contributed by atoms with Crippen LogP contribution in [0.5, 0.6) is 17.2 Å². The maximum Gasteiger partial charge on any atom is 0.225 e. The molecule has 1 N–H and O–H groups in total. The molecule has 3 rings (SSSR count). The molecule has 0 saturated heterocycles. The van der Waals surface area contributed by atoms with Crippen LogP contribution in [0.2, 0.25) is 0 Å². The van der Waals surface area contributed by atoms with Gasteiger partial charge in [0.2, 0.25) is 11.7 Å². The van der Waals surface area contributed by atoms with Gasteiger partial charge in [-0.05, 0) is 50.1 Å². The first-order chi connectivity index (χ1) is 14.4. The zero-order chi connectivity index (χ0) is 21.7. The van der Waals surface area contributed by atoms with Crippen LogP contribution in [-0.2, 0) is 11.2 Å². The Morgan fingerprint density at radius 3 is 2.17 bits per heavy atom. The highest BCUT2D eigenvalue weighted by Crippen LogP contribution is 2.38. The van der Waals surface area contributed by atoms with Crippen molar-refractivity contribution < 1.29 is 19.0 Å². The molecule has 0 atom stereocenters. The predicted molar refractivity (Wildman–Crippen MR) is 116 cm³/mol. The summed E-state index contributed by atoms with van der Waals surface area (Å²) in [7, 11) is 4.71. The second kappa shape index (κ2) is 9.35. The zero-order valence-electron chi connectivity index (χ0n) is 18.0. The van der Waals surface area contributed by atoms with Crippen molar-refractivity contribution in [3.8, 4) is 22.9 Å². The summed E-state index contributed by atoms with van der Waals surface area (Å²) in [6, 6.07) is 13.6. The Bertz CT molecular complexity index is 1000. The quantitative estimate of drug-likeness (QED) is 0.607. The molecule has 0 spiro atoms. The van der Waals surface area contributed by atoms with E-state index in [0.29, 0.717) is 35.9 Å². The molecular formula is C23H27N3O4. The molecule has 0 bridgehead atoms. The number of carbonyl (C=O) groups excluding carboxylic acids is 1. The average Bonchev–Trinajstić information content (AvgIpc) is 3.11. The van der Waals surface area contributed by atoms with Crippen LogP contribution in [0.3, 0.4) is 0 Å². The van der Waals surface area contributed by atoms with E-state index in [0.717, 1.165) is 16.9 Å². The van der Waals surface area contributed by atoms with Gasteiger partial charge in [0.25, 0.3) is 0 Å². The van der Waals surface area contributed by atoms with Gasteiger partial charge in [-0.15, -0.1) is 0 Å². The van der Waals surface area contributed by atoms with Gasteiger partial charge in [0.05, 0.1) is 32.7 Å². The first-order valence-corrected chi connectivity index (χ1v) is 9.67. The van der Waals surface area contributed by atoms with Gasteiger partial charge in [-0.3, -0.25) is 4.79 Å². The number of rotatable bonds is 8. The second-order valence-corrected chi connectivity index (χ2v) is 7.00. The Morgan fingerprint density at radius 1 is 0.967 bits per heavy atom. The fourth-order valence-corrected chi connectivity index (χ4v) is 3.21. The number of nitrogens with zero attached hydrogens (tertiary/aromatic N) is 2. The van der Waals surface area contributed by atoms with Gasteiger partial charge in [-0.1, -0.05) is 17.7 Å². The van der Waals surface area contributed by atoms with Crippen molar-refractivity contribution in [3.63, 3.8) is 0 Å². The molecule has 0 unspecified atom stereocenters. The molecule has 2 aromatic carbocycles. The molecule has 7 heteroatoms. The number of hydrogen-bond donors (Lipinski definition) is 1. The van der Waals surface area contributed by atoms with E-state index in [1.165, 1.54) is 5.56 Å². The highest BCUT2D eigenvalue weighted by Gasteiger charge is 2.15. The van der Waals surface area contributed by atoms with Crippen LogP contribution in [0, 0.1) is 13.8 Å². The first kappa shape index (κ1) is 21.2. The zero-order valence-corrected chi connectivity index (χ0v) is 18.0. The van der Waals surface area contributed by atoms with Gasteiger partial charge < -0.3 is 19.5 Å². The van der Waals surface area contributed by atoms with E-state index in [1.54, 1.807) is 26.0 Å². The van der Waals surface area contributed by atoms with Gasteiger partial charge in [0.15, 0.2) is 11.5 Å². The number of nitrogens with one attached hydrogen (secondary N) is 1. The Balaban J connectivity index is 1.72. The van der Waals surface area contributed by atoms with Crippen LogP contribution >= 0.6 is 0 Å². The summed E-state index contributed by atoms with van der Waals surface area (Å²) in [6.45, 7) is 3.93. The summed E-state index contributed by atoms with van der Waals surface area (Å²) in [5, 5.41) is 7.47. The monoisotopic (exact) mass is 409 g/mol. The topological polar surface area (TPSA) is 74.6 Å². The van der Waals surface area contributed by atoms with Crippen molar-refractivity contribution in [1.82, 2.24) is 9.78 Å². The molecule has 158 valence electrons. The number of benzene rings is 2. The summed E-state index contributed by atoms with van der Waals surface area (Å²) in [4.78, 5) is 12.6. The van der Waals surface area contributed by atoms with E-state index in [-0.39, 0.29) is 5.91 Å². The van der Waals surface area contributed by atoms with Gasteiger partial charge in [0, 0.05) is 12.5 Å². The van der Waals surface area contributed by atoms with Crippen LogP contribution in [0.4, 0.5) is 5.82 Å². The minimum Gasteiger partial charge on any atom is -0.493 e. The van der Waals surface area contributed by atoms with E-state index >= 15 is 0 Å². The van der Waals surface area contributed by atoms with Crippen molar-refractivity contribution in [2.45, 2.75) is 26.7 Å². The van der Waals surface area contributed by atoms with E-state index in [2.05, 4.69) is 10.4 Å². The van der Waals surface area contributed by atoms with Crippen molar-refractivity contribution in [1.29, 1.82) is 0 Å². The molecule has 0 aliphatic carbocycles. The molecule has 1 amide bonds. The maximum atomic E-state index is 12.6. The van der Waals surface area contributed by atoms with E-state index in [1.807, 2.05) is 56.3 Å². The lowest BCUT2D eigenvalue weighted by Gasteiger charge is -2.14. The molecule has 3 aromatic rings. The second-order valence-electron chi connectivity index (χ2n) is 7.00. The van der Waals surface area contributed by atoms with Gasteiger partial charge >= 0.3 is 0 Å². The van der Waals surface area contributed by atoms with Crippen LogP contribution < -0.4 is 19.5 Å². The number of amides is 1. The number of aromatic nitrogens is 2. The Morgan fingerprint density at radius 2 is 1.60 bits per heavy atom. The lowest BCUT2D eigenvalue weighted by atomic mass is 10.1. The molecule has 0 fully saturated rings. The van der Waals surface area contributed by atoms with E-state index < -0.39 is 0 Å². The Labute approximate surface area is 176 Å². The average molecular weight is 409 g/mol. The van der Waals surface area contributed by atoms with Crippen molar-refractivity contribution in [3.05, 3.63) is 59.3 Å². The third-order valence-electron chi connectivity index (χ3n) is 4.74. The lowest BCUT2D eigenvalue weighted by Crippen LogP contribution is -2.15. The lowest BCUT2D eigenvalue weighted by molar-refractivity contribution is -0.116. The SMILES string of the molecule is COc1cc(CCC(=O)Nc2cc(C)nn2-c2ccc(C)cc2)cc(OC)c1OC. The Hall–Kier alpha value is -3.48. The number of hydrogen-bond acceptors (Lipinski definition) is 5.